The van der Waals surface area contributed by atoms with Crippen molar-refractivity contribution in [1.82, 2.24) is 9.62 Å². The maximum Gasteiger partial charge on any atom is 0.243 e. The molecule has 1 aliphatic heterocycles. The number of amides is 1. The van der Waals surface area contributed by atoms with E-state index >= 15 is 0 Å². The molecule has 1 N–H and O–H groups in total. The van der Waals surface area contributed by atoms with Gasteiger partial charge in [-0.25, -0.2) is 8.42 Å². The van der Waals surface area contributed by atoms with Gasteiger partial charge in [-0.1, -0.05) is 6.07 Å². The normalized spacial score (nSPS) is 19.8. The quantitative estimate of drug-likeness (QED) is 0.718. The Morgan fingerprint density at radius 2 is 1.62 bits per heavy atom. The molecule has 1 fully saturated rings. The van der Waals surface area contributed by atoms with Crippen molar-refractivity contribution in [2.75, 3.05) is 27.3 Å². The second-order valence-corrected chi connectivity index (χ2v) is 10.3. The Hall–Kier alpha value is -2.58. The van der Waals surface area contributed by atoms with Crippen molar-refractivity contribution in [2.45, 2.75) is 43.0 Å². The number of piperidine rings is 1. The monoisotopic (exact) mass is 458 g/mol. The highest BCUT2D eigenvalue weighted by Crippen LogP contribution is 2.33. The molecule has 0 radical (unpaired) electrons. The minimum Gasteiger partial charge on any atom is -0.497 e. The van der Waals surface area contributed by atoms with Crippen LogP contribution in [0.4, 0.5) is 0 Å². The lowest BCUT2D eigenvalue weighted by Gasteiger charge is -2.33. The first-order chi connectivity index (χ1) is 15.4. The standard InChI is InChI=1S/C24H30N2O5S/c1-30-19-6-9-21(10-7-19)32(28,29)26-14-12-17(13-15-26)24(27)25-23-5-3-4-18-16-20(31-2)8-11-22(18)23/h6-11,16-17,23H,3-5,12-15H2,1-2H3,(H,25,27)/t23-/m1/s1. The maximum absolute atomic E-state index is 13.0. The van der Waals surface area contributed by atoms with Crippen LogP contribution in [-0.2, 0) is 21.2 Å². The minimum atomic E-state index is -3.58. The van der Waals surface area contributed by atoms with Gasteiger partial charge in [-0.2, -0.15) is 4.31 Å². The van der Waals surface area contributed by atoms with Crippen LogP contribution >= 0.6 is 0 Å². The van der Waals surface area contributed by atoms with Crippen molar-refractivity contribution in [1.29, 1.82) is 0 Å². The Balaban J connectivity index is 1.37. The predicted octanol–water partition coefficient (Wildman–Crippen LogP) is 3.30. The summed E-state index contributed by atoms with van der Waals surface area (Å²) in [7, 11) is -0.374. The van der Waals surface area contributed by atoms with E-state index in [0.717, 1.165) is 30.6 Å². The summed E-state index contributed by atoms with van der Waals surface area (Å²) in [5, 5.41) is 3.22. The van der Waals surface area contributed by atoms with Crippen LogP contribution in [0, 0.1) is 5.92 Å². The number of fused-ring (bicyclic) bond motifs is 1. The van der Waals surface area contributed by atoms with Gasteiger partial charge >= 0.3 is 0 Å². The van der Waals surface area contributed by atoms with E-state index in [-0.39, 0.29) is 22.8 Å². The number of aryl methyl sites for hydroxylation is 1. The molecule has 2 aromatic carbocycles. The lowest BCUT2D eigenvalue weighted by molar-refractivity contribution is -0.127. The summed E-state index contributed by atoms with van der Waals surface area (Å²) in [5.41, 5.74) is 2.38. The summed E-state index contributed by atoms with van der Waals surface area (Å²) in [6, 6.07) is 12.4. The molecule has 1 heterocycles. The van der Waals surface area contributed by atoms with E-state index in [0.29, 0.717) is 31.7 Å². The summed E-state index contributed by atoms with van der Waals surface area (Å²) in [4.78, 5) is 13.2. The van der Waals surface area contributed by atoms with Gasteiger partial charge in [-0.05, 0) is 79.6 Å². The van der Waals surface area contributed by atoms with Crippen LogP contribution in [0.1, 0.15) is 42.9 Å². The lowest BCUT2D eigenvalue weighted by atomic mass is 9.86. The molecule has 1 aliphatic carbocycles. The largest absolute Gasteiger partial charge is 0.497 e. The highest BCUT2D eigenvalue weighted by atomic mass is 32.2. The second-order valence-electron chi connectivity index (χ2n) is 8.37. The molecule has 172 valence electrons. The Morgan fingerprint density at radius 1 is 0.969 bits per heavy atom. The Morgan fingerprint density at radius 3 is 2.28 bits per heavy atom. The summed E-state index contributed by atoms with van der Waals surface area (Å²) in [5.74, 6) is 1.28. The van der Waals surface area contributed by atoms with Crippen molar-refractivity contribution in [2.24, 2.45) is 5.92 Å². The van der Waals surface area contributed by atoms with Crippen LogP contribution in [0.3, 0.4) is 0 Å². The number of methoxy groups -OCH3 is 2. The van der Waals surface area contributed by atoms with E-state index in [1.807, 2.05) is 12.1 Å². The first kappa shape index (κ1) is 22.6. The number of hydrogen-bond acceptors (Lipinski definition) is 5. The molecule has 32 heavy (non-hydrogen) atoms. The van der Waals surface area contributed by atoms with Gasteiger partial charge in [0, 0.05) is 19.0 Å². The molecule has 4 rings (SSSR count). The molecule has 0 aromatic heterocycles. The maximum atomic E-state index is 13.0. The average molecular weight is 459 g/mol. The molecular formula is C24H30N2O5S. The number of ether oxygens (including phenoxy) is 2. The minimum absolute atomic E-state index is 0.00165. The summed E-state index contributed by atoms with van der Waals surface area (Å²) in [6.07, 6.45) is 3.95. The van der Waals surface area contributed by atoms with Gasteiger partial charge in [0.15, 0.2) is 0 Å². The molecule has 1 atom stereocenters. The zero-order chi connectivity index (χ0) is 22.7. The second kappa shape index (κ2) is 9.50. The average Bonchev–Trinajstić information content (AvgIpc) is 2.84. The van der Waals surface area contributed by atoms with E-state index in [2.05, 4.69) is 11.4 Å². The molecule has 0 spiro atoms. The third kappa shape index (κ3) is 4.61. The molecule has 0 bridgehead atoms. The van der Waals surface area contributed by atoms with E-state index in [1.165, 1.54) is 9.87 Å². The molecule has 2 aliphatic rings. The molecule has 8 heteroatoms. The first-order valence-corrected chi connectivity index (χ1v) is 12.5. The zero-order valence-corrected chi connectivity index (χ0v) is 19.4. The summed E-state index contributed by atoms with van der Waals surface area (Å²) in [6.45, 7) is 0.676. The first-order valence-electron chi connectivity index (χ1n) is 11.0. The van der Waals surface area contributed by atoms with E-state index in [1.54, 1.807) is 38.5 Å². The lowest BCUT2D eigenvalue weighted by Crippen LogP contribution is -2.44. The van der Waals surface area contributed by atoms with Gasteiger partial charge < -0.3 is 14.8 Å². The molecule has 7 nitrogen and oxygen atoms in total. The third-order valence-corrected chi connectivity index (χ3v) is 8.42. The summed E-state index contributed by atoms with van der Waals surface area (Å²) >= 11 is 0. The van der Waals surface area contributed by atoms with Crippen LogP contribution in [0.2, 0.25) is 0 Å². The fourth-order valence-corrected chi connectivity index (χ4v) is 6.08. The zero-order valence-electron chi connectivity index (χ0n) is 18.5. The fourth-order valence-electron chi connectivity index (χ4n) is 4.61. The van der Waals surface area contributed by atoms with E-state index in [9.17, 15) is 13.2 Å². The Bertz CT molecular complexity index is 1060. The van der Waals surface area contributed by atoms with Crippen molar-refractivity contribution in [3.05, 3.63) is 53.6 Å². The molecule has 1 saturated heterocycles. The van der Waals surface area contributed by atoms with Crippen LogP contribution in [0.15, 0.2) is 47.4 Å². The van der Waals surface area contributed by atoms with E-state index in [4.69, 9.17) is 9.47 Å². The van der Waals surface area contributed by atoms with Crippen LogP contribution in [-0.4, -0.2) is 45.9 Å². The highest BCUT2D eigenvalue weighted by Gasteiger charge is 2.33. The van der Waals surface area contributed by atoms with Crippen LogP contribution in [0.5, 0.6) is 11.5 Å². The molecule has 1 amide bonds. The molecule has 0 unspecified atom stereocenters. The van der Waals surface area contributed by atoms with Gasteiger partial charge in [0.1, 0.15) is 11.5 Å². The van der Waals surface area contributed by atoms with Gasteiger partial charge in [-0.3, -0.25) is 4.79 Å². The van der Waals surface area contributed by atoms with Crippen molar-refractivity contribution in [3.8, 4) is 11.5 Å². The van der Waals surface area contributed by atoms with Crippen LogP contribution < -0.4 is 14.8 Å². The molecule has 2 aromatic rings. The smallest absolute Gasteiger partial charge is 0.243 e. The third-order valence-electron chi connectivity index (χ3n) is 6.50. The SMILES string of the molecule is COc1ccc(S(=O)(=O)N2CCC(C(=O)N[C@@H]3CCCc4cc(OC)ccc43)CC2)cc1. The topological polar surface area (TPSA) is 84.9 Å². The van der Waals surface area contributed by atoms with Crippen molar-refractivity contribution < 1.29 is 22.7 Å². The Kier molecular flexibility index (Phi) is 6.71. The molecule has 0 saturated carbocycles. The molecular weight excluding hydrogens is 428 g/mol. The predicted molar refractivity (Wildman–Crippen MR) is 121 cm³/mol. The number of nitrogens with zero attached hydrogens (tertiary/aromatic N) is 1. The number of hydrogen-bond donors (Lipinski definition) is 1. The van der Waals surface area contributed by atoms with E-state index < -0.39 is 10.0 Å². The summed E-state index contributed by atoms with van der Waals surface area (Å²) < 4.78 is 37.8. The number of rotatable bonds is 6. The van der Waals surface area contributed by atoms with Gasteiger partial charge in [-0.15, -0.1) is 0 Å². The fraction of sp³-hybridized carbons (Fsp3) is 0.458. The van der Waals surface area contributed by atoms with Gasteiger partial charge in [0.05, 0.1) is 25.2 Å². The van der Waals surface area contributed by atoms with Crippen molar-refractivity contribution in [3.63, 3.8) is 0 Å². The number of sulfonamides is 1. The number of benzene rings is 2. The number of nitrogens with one attached hydrogen (secondary N) is 1. The van der Waals surface area contributed by atoms with Gasteiger partial charge in [0.2, 0.25) is 15.9 Å². The number of carbonyl (C=O) groups excluding carboxylic acids is 1. The van der Waals surface area contributed by atoms with Crippen molar-refractivity contribution >= 4 is 15.9 Å². The Labute approximate surface area is 189 Å². The highest BCUT2D eigenvalue weighted by molar-refractivity contribution is 7.89. The van der Waals surface area contributed by atoms with Crippen LogP contribution in [0.25, 0.3) is 0 Å². The number of carbonyl (C=O) groups is 1. The van der Waals surface area contributed by atoms with Gasteiger partial charge in [0.25, 0.3) is 0 Å².